The van der Waals surface area contributed by atoms with E-state index in [1.54, 1.807) is 11.9 Å². The highest BCUT2D eigenvalue weighted by atomic mass is 32.2. The molecule has 0 bridgehead atoms. The second-order valence-corrected chi connectivity index (χ2v) is 11.5. The van der Waals surface area contributed by atoms with Gasteiger partial charge in [-0.15, -0.1) is 0 Å². The van der Waals surface area contributed by atoms with Gasteiger partial charge in [-0.05, 0) is 78.6 Å². The Balaban J connectivity index is 1.30. The molecule has 0 radical (unpaired) electrons. The Morgan fingerprint density at radius 1 is 0.929 bits per heavy atom. The van der Waals surface area contributed by atoms with Crippen LogP contribution in [0.3, 0.4) is 0 Å². The lowest BCUT2D eigenvalue weighted by Gasteiger charge is -2.28. The molecule has 1 atom stereocenters. The predicted octanol–water partition coefficient (Wildman–Crippen LogP) is 8.36. The van der Waals surface area contributed by atoms with Gasteiger partial charge in [0.25, 0.3) is 0 Å². The van der Waals surface area contributed by atoms with E-state index in [9.17, 15) is 5.26 Å². The van der Waals surface area contributed by atoms with Gasteiger partial charge in [-0.25, -0.2) is 0 Å². The van der Waals surface area contributed by atoms with Crippen molar-refractivity contribution in [2.24, 2.45) is 5.92 Å². The smallest absolute Gasteiger partial charge is 0.131 e. The highest BCUT2D eigenvalue weighted by Crippen LogP contribution is 2.32. The summed E-state index contributed by atoms with van der Waals surface area (Å²) in [6.45, 7) is 7.99. The maximum atomic E-state index is 9.22. The fourth-order valence-corrected chi connectivity index (χ4v) is 5.45. The lowest BCUT2D eigenvalue weighted by molar-refractivity contribution is 0.167. The van der Waals surface area contributed by atoms with E-state index < -0.39 is 0 Å². The Kier molecular flexibility index (Phi) is 10.3. The standard InChI is InChI=1S/C35H37N3O3S/c1-3-42-37-34-8-5-9-35(26(34)2)38(22-28-12-10-27(21-36)11-13-28)23-29-14-16-31(17-15-29)41-33-7-4-6-32(20-33)40-25-30-18-19-39-24-30/h4-17,20,30,37H,3,18-19,22-25H2,1-2H3. The molecule has 0 aliphatic carbocycles. The van der Waals surface area contributed by atoms with Crippen LogP contribution in [0, 0.1) is 24.2 Å². The van der Waals surface area contributed by atoms with E-state index in [1.165, 1.54) is 16.8 Å². The summed E-state index contributed by atoms with van der Waals surface area (Å²) in [5.41, 5.74) is 6.48. The molecule has 42 heavy (non-hydrogen) atoms. The van der Waals surface area contributed by atoms with Crippen LogP contribution in [0.1, 0.15) is 35.6 Å². The number of hydrogen-bond donors (Lipinski definition) is 1. The largest absolute Gasteiger partial charge is 0.493 e. The second kappa shape index (κ2) is 14.7. The first-order valence-electron chi connectivity index (χ1n) is 14.4. The quantitative estimate of drug-likeness (QED) is 0.160. The van der Waals surface area contributed by atoms with Gasteiger partial charge < -0.3 is 23.8 Å². The minimum Gasteiger partial charge on any atom is -0.493 e. The van der Waals surface area contributed by atoms with Gasteiger partial charge in [-0.1, -0.05) is 55.3 Å². The second-order valence-electron chi connectivity index (χ2n) is 10.4. The number of nitriles is 1. The van der Waals surface area contributed by atoms with E-state index in [4.69, 9.17) is 14.2 Å². The van der Waals surface area contributed by atoms with Crippen LogP contribution in [0.15, 0.2) is 91.0 Å². The van der Waals surface area contributed by atoms with Crippen molar-refractivity contribution in [1.29, 1.82) is 5.26 Å². The van der Waals surface area contributed by atoms with E-state index >= 15 is 0 Å². The Bertz CT molecular complexity index is 1480. The van der Waals surface area contributed by atoms with Crippen molar-refractivity contribution in [2.75, 3.05) is 35.2 Å². The van der Waals surface area contributed by atoms with E-state index in [-0.39, 0.29) is 0 Å². The molecule has 5 rings (SSSR count). The Morgan fingerprint density at radius 2 is 1.64 bits per heavy atom. The molecule has 1 heterocycles. The molecule has 6 nitrogen and oxygen atoms in total. The molecule has 1 saturated heterocycles. The van der Waals surface area contributed by atoms with E-state index in [0.717, 1.165) is 67.0 Å². The number of nitrogens with one attached hydrogen (secondary N) is 1. The topological polar surface area (TPSA) is 66.8 Å². The Morgan fingerprint density at radius 3 is 2.33 bits per heavy atom. The maximum absolute atomic E-state index is 9.22. The fraction of sp³-hybridized carbons (Fsp3) is 0.286. The molecule has 1 fully saturated rings. The molecule has 7 heteroatoms. The first kappa shape index (κ1) is 29.4. The van der Waals surface area contributed by atoms with E-state index in [1.807, 2.05) is 60.7 Å². The molecule has 4 aromatic rings. The molecule has 0 saturated carbocycles. The van der Waals surface area contributed by atoms with Crippen LogP contribution in [0.2, 0.25) is 0 Å². The minimum absolute atomic E-state index is 0.455. The van der Waals surface area contributed by atoms with Crippen LogP contribution >= 0.6 is 11.9 Å². The van der Waals surface area contributed by atoms with Crippen molar-refractivity contribution in [3.05, 3.63) is 113 Å². The summed E-state index contributed by atoms with van der Waals surface area (Å²) in [5, 5.41) is 9.22. The van der Waals surface area contributed by atoms with Crippen LogP contribution in [0.25, 0.3) is 0 Å². The average Bonchev–Trinajstić information content (AvgIpc) is 3.55. The van der Waals surface area contributed by atoms with E-state index in [0.29, 0.717) is 18.1 Å². The lowest BCUT2D eigenvalue weighted by Crippen LogP contribution is -2.23. The highest BCUT2D eigenvalue weighted by Gasteiger charge is 2.17. The predicted molar refractivity (Wildman–Crippen MR) is 171 cm³/mol. The zero-order valence-corrected chi connectivity index (χ0v) is 25.0. The molecule has 0 spiro atoms. The summed E-state index contributed by atoms with van der Waals surface area (Å²) in [5.74, 6) is 3.77. The molecule has 1 N–H and O–H groups in total. The van der Waals surface area contributed by atoms with Gasteiger partial charge in [-0.2, -0.15) is 5.26 Å². The Labute approximate surface area is 253 Å². The van der Waals surface area contributed by atoms with Gasteiger partial charge in [0.1, 0.15) is 17.2 Å². The lowest BCUT2D eigenvalue weighted by atomic mass is 10.1. The summed E-state index contributed by atoms with van der Waals surface area (Å²) in [4.78, 5) is 2.38. The highest BCUT2D eigenvalue weighted by molar-refractivity contribution is 8.00. The van der Waals surface area contributed by atoms with Gasteiger partial charge in [-0.3, -0.25) is 0 Å². The zero-order chi connectivity index (χ0) is 29.1. The fourth-order valence-electron chi connectivity index (χ4n) is 4.93. The molecular weight excluding hydrogens is 542 g/mol. The summed E-state index contributed by atoms with van der Waals surface area (Å²) < 4.78 is 21.1. The van der Waals surface area contributed by atoms with Crippen molar-refractivity contribution in [3.63, 3.8) is 0 Å². The molecule has 1 unspecified atom stereocenters. The summed E-state index contributed by atoms with van der Waals surface area (Å²) in [7, 11) is 0. The minimum atomic E-state index is 0.455. The van der Waals surface area contributed by atoms with E-state index in [2.05, 4.69) is 59.9 Å². The number of nitrogens with zero attached hydrogens (tertiary/aromatic N) is 2. The van der Waals surface area contributed by atoms with Crippen LogP contribution < -0.4 is 19.1 Å². The summed E-state index contributed by atoms with van der Waals surface area (Å²) in [6, 6.07) is 32.5. The van der Waals surface area contributed by atoms with Gasteiger partial charge in [0.2, 0.25) is 0 Å². The van der Waals surface area contributed by atoms with Crippen LogP contribution in [-0.2, 0) is 17.8 Å². The number of benzene rings is 4. The molecule has 4 aromatic carbocycles. The molecule has 1 aliphatic heterocycles. The Hall–Kier alpha value is -4.12. The number of anilines is 2. The van der Waals surface area contributed by atoms with Crippen molar-refractivity contribution < 1.29 is 14.2 Å². The van der Waals surface area contributed by atoms with Crippen molar-refractivity contribution in [2.45, 2.75) is 33.4 Å². The molecule has 0 aromatic heterocycles. The summed E-state index contributed by atoms with van der Waals surface area (Å²) in [6.07, 6.45) is 1.05. The number of rotatable bonds is 13. The van der Waals surface area contributed by atoms with Gasteiger partial charge in [0.15, 0.2) is 0 Å². The van der Waals surface area contributed by atoms with Crippen LogP contribution in [0.5, 0.6) is 17.2 Å². The normalized spacial score (nSPS) is 14.3. The average molecular weight is 580 g/mol. The molecular formula is C35H37N3O3S. The van der Waals surface area contributed by atoms with Gasteiger partial charge >= 0.3 is 0 Å². The third kappa shape index (κ3) is 8.00. The van der Waals surface area contributed by atoms with Crippen LogP contribution in [0.4, 0.5) is 11.4 Å². The van der Waals surface area contributed by atoms with Crippen molar-refractivity contribution in [1.82, 2.24) is 0 Å². The summed E-state index contributed by atoms with van der Waals surface area (Å²) >= 11 is 1.69. The first-order valence-corrected chi connectivity index (χ1v) is 15.4. The van der Waals surface area contributed by atoms with Crippen molar-refractivity contribution in [3.8, 4) is 23.3 Å². The molecule has 1 aliphatic rings. The molecule has 0 amide bonds. The first-order chi connectivity index (χ1) is 20.6. The third-order valence-electron chi connectivity index (χ3n) is 7.28. The SMILES string of the molecule is CCSNc1cccc(N(Cc2ccc(C#N)cc2)Cc2ccc(Oc3cccc(OCC4CCOC4)c3)cc2)c1C. The monoisotopic (exact) mass is 579 g/mol. The van der Waals surface area contributed by atoms with Gasteiger partial charge in [0, 0.05) is 48.8 Å². The number of ether oxygens (including phenoxy) is 3. The van der Waals surface area contributed by atoms with Crippen LogP contribution in [-0.4, -0.2) is 25.6 Å². The zero-order valence-electron chi connectivity index (χ0n) is 24.2. The molecule has 216 valence electrons. The number of hydrogen-bond acceptors (Lipinski definition) is 7. The third-order valence-corrected chi connectivity index (χ3v) is 7.93. The maximum Gasteiger partial charge on any atom is 0.131 e. The van der Waals surface area contributed by atoms with Crippen molar-refractivity contribution >= 4 is 23.3 Å². The van der Waals surface area contributed by atoms with Gasteiger partial charge in [0.05, 0.1) is 24.8 Å².